The van der Waals surface area contributed by atoms with Crippen LogP contribution in [-0.4, -0.2) is 85.1 Å². The molecule has 6 nitrogen and oxygen atoms in total. The van der Waals surface area contributed by atoms with Crippen LogP contribution < -0.4 is 5.32 Å². The third-order valence-corrected chi connectivity index (χ3v) is 4.97. The van der Waals surface area contributed by atoms with Gasteiger partial charge in [0.05, 0.1) is 11.6 Å². The number of guanidine groups is 1. The molecule has 0 spiro atoms. The fraction of sp³-hybridized carbons (Fsp3) is 0.706. The molecule has 0 aromatic carbocycles. The van der Waals surface area contributed by atoms with Crippen LogP contribution in [0.3, 0.4) is 0 Å². The molecule has 0 bridgehead atoms. The van der Waals surface area contributed by atoms with Gasteiger partial charge in [-0.1, -0.05) is 11.6 Å². The van der Waals surface area contributed by atoms with Gasteiger partial charge in [0, 0.05) is 71.8 Å². The first-order valence-corrected chi connectivity index (χ1v) is 8.93. The molecule has 2 rings (SSSR count). The van der Waals surface area contributed by atoms with E-state index in [0.29, 0.717) is 6.04 Å². The summed E-state index contributed by atoms with van der Waals surface area (Å²) < 4.78 is 2.05. The molecule has 1 aliphatic rings. The number of halogens is 1. The number of likely N-dealkylation sites (N-methyl/N-ethyl adjacent to an activating group) is 1. The molecule has 1 aromatic heterocycles. The minimum atomic E-state index is 0.494. The lowest BCUT2D eigenvalue weighted by atomic mass is 10.2. The van der Waals surface area contributed by atoms with Gasteiger partial charge in [-0.2, -0.15) is 0 Å². The van der Waals surface area contributed by atoms with E-state index in [2.05, 4.69) is 50.6 Å². The molecule has 7 heteroatoms. The first kappa shape index (κ1) is 19.1. The molecule has 0 amide bonds. The number of rotatable bonds is 5. The third kappa shape index (κ3) is 5.13. The summed E-state index contributed by atoms with van der Waals surface area (Å²) in [5, 5.41) is 4.27. The summed E-state index contributed by atoms with van der Waals surface area (Å²) in [5.41, 5.74) is 1.16. The van der Waals surface area contributed by atoms with Gasteiger partial charge in [-0.05, 0) is 20.0 Å². The van der Waals surface area contributed by atoms with Crippen molar-refractivity contribution in [2.45, 2.75) is 19.5 Å². The highest BCUT2D eigenvalue weighted by atomic mass is 35.5. The summed E-state index contributed by atoms with van der Waals surface area (Å²) >= 11 is 6.07. The number of piperazine rings is 1. The van der Waals surface area contributed by atoms with E-state index in [1.807, 2.05) is 26.4 Å². The molecule has 24 heavy (non-hydrogen) atoms. The Morgan fingerprint density at radius 2 is 2.00 bits per heavy atom. The van der Waals surface area contributed by atoms with Gasteiger partial charge in [-0.15, -0.1) is 0 Å². The van der Waals surface area contributed by atoms with Gasteiger partial charge in [0.25, 0.3) is 0 Å². The number of nitrogens with one attached hydrogen (secondary N) is 1. The Balaban J connectivity index is 1.84. The van der Waals surface area contributed by atoms with Crippen LogP contribution >= 0.6 is 11.6 Å². The standard InChI is InChI=1S/C17H31ClN6/c1-14(24-8-6-21(3)7-9-24)11-20-17(19-2)23(5)13-16-10-15(18)12-22(16)4/h10,12,14H,6-9,11,13H2,1-5H3,(H,19,20). The van der Waals surface area contributed by atoms with Crippen LogP contribution in [0.5, 0.6) is 0 Å². The van der Waals surface area contributed by atoms with Gasteiger partial charge in [0.15, 0.2) is 5.96 Å². The van der Waals surface area contributed by atoms with E-state index in [9.17, 15) is 0 Å². The maximum atomic E-state index is 6.07. The smallest absolute Gasteiger partial charge is 0.193 e. The molecule has 1 aromatic rings. The van der Waals surface area contributed by atoms with E-state index in [-0.39, 0.29) is 0 Å². The Morgan fingerprint density at radius 3 is 2.54 bits per heavy atom. The molecule has 2 heterocycles. The minimum Gasteiger partial charge on any atom is -0.355 e. The van der Waals surface area contributed by atoms with Crippen LogP contribution in [0.15, 0.2) is 17.3 Å². The molecular weight excluding hydrogens is 324 g/mol. The van der Waals surface area contributed by atoms with Gasteiger partial charge < -0.3 is 19.7 Å². The maximum absolute atomic E-state index is 6.07. The zero-order valence-corrected chi connectivity index (χ0v) is 16.3. The van der Waals surface area contributed by atoms with Crippen LogP contribution in [0.25, 0.3) is 0 Å². The number of hydrogen-bond acceptors (Lipinski definition) is 3. The Morgan fingerprint density at radius 1 is 1.33 bits per heavy atom. The van der Waals surface area contributed by atoms with E-state index < -0.39 is 0 Å². The summed E-state index contributed by atoms with van der Waals surface area (Å²) in [6, 6.07) is 2.49. The van der Waals surface area contributed by atoms with Crippen LogP contribution in [0, 0.1) is 0 Å². The van der Waals surface area contributed by atoms with Crippen molar-refractivity contribution in [3.8, 4) is 0 Å². The van der Waals surface area contributed by atoms with Gasteiger partial charge >= 0.3 is 0 Å². The van der Waals surface area contributed by atoms with Gasteiger partial charge in [0.2, 0.25) is 0 Å². The van der Waals surface area contributed by atoms with Crippen LogP contribution in [0.2, 0.25) is 5.02 Å². The monoisotopic (exact) mass is 354 g/mol. The summed E-state index contributed by atoms with van der Waals surface area (Å²) in [5.74, 6) is 0.910. The first-order chi connectivity index (χ1) is 11.4. The summed E-state index contributed by atoms with van der Waals surface area (Å²) in [6.07, 6.45) is 1.93. The van der Waals surface area contributed by atoms with Crippen molar-refractivity contribution in [3.05, 3.63) is 23.0 Å². The molecule has 0 saturated carbocycles. The Bertz CT molecular complexity index is 547. The summed E-state index contributed by atoms with van der Waals surface area (Å²) in [6.45, 7) is 8.51. The zero-order valence-electron chi connectivity index (χ0n) is 15.6. The Hall–Kier alpha value is -1.24. The first-order valence-electron chi connectivity index (χ1n) is 8.55. The van der Waals surface area contributed by atoms with E-state index in [4.69, 9.17) is 11.6 Å². The number of aliphatic imine (C=N–C) groups is 1. The molecular formula is C17H31ClN6. The second-order valence-electron chi connectivity index (χ2n) is 6.73. The highest BCUT2D eigenvalue weighted by molar-refractivity contribution is 6.30. The Labute approximate surface area is 151 Å². The topological polar surface area (TPSA) is 39.0 Å². The molecule has 0 aliphatic carbocycles. The van der Waals surface area contributed by atoms with Gasteiger partial charge in [0.1, 0.15) is 0 Å². The molecule has 1 fully saturated rings. The Kier molecular flexibility index (Phi) is 6.95. The molecule has 136 valence electrons. The fourth-order valence-electron chi connectivity index (χ4n) is 3.06. The van der Waals surface area contributed by atoms with Crippen molar-refractivity contribution in [2.75, 3.05) is 53.9 Å². The van der Waals surface area contributed by atoms with Crippen LogP contribution in [-0.2, 0) is 13.6 Å². The maximum Gasteiger partial charge on any atom is 0.193 e. The summed E-state index contributed by atoms with van der Waals surface area (Å²) in [4.78, 5) is 11.5. The second-order valence-corrected chi connectivity index (χ2v) is 7.17. The molecule has 1 saturated heterocycles. The lowest BCUT2D eigenvalue weighted by Gasteiger charge is -2.37. The third-order valence-electron chi connectivity index (χ3n) is 4.76. The van der Waals surface area contributed by atoms with E-state index in [1.165, 1.54) is 0 Å². The molecule has 1 aliphatic heterocycles. The normalized spacial score (nSPS) is 18.7. The number of nitrogens with zero attached hydrogens (tertiary/aromatic N) is 5. The predicted octanol–water partition coefficient (Wildman–Crippen LogP) is 1.32. The lowest BCUT2D eigenvalue weighted by molar-refractivity contribution is 0.119. The van der Waals surface area contributed by atoms with Crippen molar-refractivity contribution in [2.24, 2.45) is 12.0 Å². The van der Waals surface area contributed by atoms with Crippen molar-refractivity contribution in [1.29, 1.82) is 0 Å². The highest BCUT2D eigenvalue weighted by Crippen LogP contribution is 2.14. The van der Waals surface area contributed by atoms with Crippen LogP contribution in [0.1, 0.15) is 12.6 Å². The molecule has 1 unspecified atom stereocenters. The largest absolute Gasteiger partial charge is 0.355 e. The highest BCUT2D eigenvalue weighted by Gasteiger charge is 2.19. The lowest BCUT2D eigenvalue weighted by Crippen LogP contribution is -2.52. The number of aromatic nitrogens is 1. The molecule has 1 N–H and O–H groups in total. The van der Waals surface area contributed by atoms with Crippen molar-refractivity contribution < 1.29 is 0 Å². The fourth-order valence-corrected chi connectivity index (χ4v) is 3.33. The van der Waals surface area contributed by atoms with Crippen LogP contribution in [0.4, 0.5) is 0 Å². The van der Waals surface area contributed by atoms with Crippen molar-refractivity contribution >= 4 is 17.6 Å². The number of hydrogen-bond donors (Lipinski definition) is 1. The predicted molar refractivity (Wildman–Crippen MR) is 102 cm³/mol. The van der Waals surface area contributed by atoms with Gasteiger partial charge in [-0.25, -0.2) is 0 Å². The minimum absolute atomic E-state index is 0.494. The van der Waals surface area contributed by atoms with Crippen molar-refractivity contribution in [3.63, 3.8) is 0 Å². The molecule has 1 atom stereocenters. The van der Waals surface area contributed by atoms with E-state index >= 15 is 0 Å². The SMILES string of the molecule is CN=C(NCC(C)N1CCN(C)CC1)N(C)Cc1cc(Cl)cn1C. The van der Waals surface area contributed by atoms with E-state index in [0.717, 1.165) is 55.9 Å². The average Bonchev–Trinajstić information content (AvgIpc) is 2.85. The van der Waals surface area contributed by atoms with E-state index in [1.54, 1.807) is 0 Å². The second kappa shape index (κ2) is 8.74. The quantitative estimate of drug-likeness (QED) is 0.639. The average molecular weight is 355 g/mol. The zero-order chi connectivity index (χ0) is 17.7. The van der Waals surface area contributed by atoms with Gasteiger partial charge in [-0.3, -0.25) is 9.89 Å². The molecule has 0 radical (unpaired) electrons. The number of aryl methyl sites for hydroxylation is 1. The summed E-state index contributed by atoms with van der Waals surface area (Å²) in [7, 11) is 8.08. The van der Waals surface area contributed by atoms with Crippen molar-refractivity contribution in [1.82, 2.24) is 24.6 Å².